The third-order valence-electron chi connectivity index (χ3n) is 2.12. The van der Waals surface area contributed by atoms with Gasteiger partial charge in [0.25, 0.3) is 0 Å². The first-order valence-electron chi connectivity index (χ1n) is 5.47. The highest BCUT2D eigenvalue weighted by atomic mass is 35.5. The van der Waals surface area contributed by atoms with Crippen LogP contribution in [0.25, 0.3) is 0 Å². The quantitative estimate of drug-likeness (QED) is 0.825. The van der Waals surface area contributed by atoms with Crippen molar-refractivity contribution in [3.8, 4) is 0 Å². The number of rotatable bonds is 6. The summed E-state index contributed by atoms with van der Waals surface area (Å²) < 4.78 is 26.0. The highest BCUT2D eigenvalue weighted by Crippen LogP contribution is 2.14. The van der Waals surface area contributed by atoms with Gasteiger partial charge in [-0.1, -0.05) is 17.7 Å². The number of amides is 1. The zero-order valence-corrected chi connectivity index (χ0v) is 11.5. The smallest absolute Gasteiger partial charge is 0.240 e. The van der Waals surface area contributed by atoms with Gasteiger partial charge >= 0.3 is 0 Å². The van der Waals surface area contributed by atoms with Gasteiger partial charge in [-0.05, 0) is 25.1 Å². The Bertz CT molecular complexity index is 517. The van der Waals surface area contributed by atoms with Crippen molar-refractivity contribution in [1.29, 1.82) is 0 Å². The molecule has 5 nitrogen and oxygen atoms in total. The largest absolute Gasteiger partial charge is 0.356 e. The van der Waals surface area contributed by atoms with Crippen LogP contribution < -0.4 is 10.0 Å². The standard InChI is InChI=1S/C11H15ClN2O3S/c1-2-13-11(15)6-7-14-18(16,17)10-5-3-4-9(12)8-10/h3-5,8,14H,2,6-7H2,1H3,(H,13,15). The van der Waals surface area contributed by atoms with Crippen LogP contribution in [0.4, 0.5) is 0 Å². The van der Waals surface area contributed by atoms with Crippen LogP contribution >= 0.6 is 11.6 Å². The van der Waals surface area contributed by atoms with Gasteiger partial charge in [-0.15, -0.1) is 0 Å². The molecule has 0 saturated carbocycles. The van der Waals surface area contributed by atoms with Crippen molar-refractivity contribution in [3.05, 3.63) is 29.3 Å². The fourth-order valence-electron chi connectivity index (χ4n) is 1.30. The Morgan fingerprint density at radius 3 is 2.72 bits per heavy atom. The molecule has 0 unspecified atom stereocenters. The van der Waals surface area contributed by atoms with E-state index >= 15 is 0 Å². The lowest BCUT2D eigenvalue weighted by molar-refractivity contribution is -0.120. The maximum atomic E-state index is 11.8. The Morgan fingerprint density at radius 1 is 1.39 bits per heavy atom. The number of benzene rings is 1. The first-order valence-corrected chi connectivity index (χ1v) is 7.33. The highest BCUT2D eigenvalue weighted by Gasteiger charge is 2.14. The summed E-state index contributed by atoms with van der Waals surface area (Å²) in [6.45, 7) is 2.38. The van der Waals surface area contributed by atoms with E-state index in [1.807, 2.05) is 0 Å². The summed E-state index contributed by atoms with van der Waals surface area (Å²) in [5, 5.41) is 2.93. The topological polar surface area (TPSA) is 75.3 Å². The molecule has 1 rings (SSSR count). The number of halogens is 1. The number of hydrogen-bond acceptors (Lipinski definition) is 3. The van der Waals surface area contributed by atoms with Crippen LogP contribution in [0.2, 0.25) is 5.02 Å². The Morgan fingerprint density at radius 2 is 2.11 bits per heavy atom. The van der Waals surface area contributed by atoms with Crippen molar-refractivity contribution >= 4 is 27.5 Å². The SMILES string of the molecule is CCNC(=O)CCNS(=O)(=O)c1cccc(Cl)c1. The molecule has 0 aliphatic heterocycles. The van der Waals surface area contributed by atoms with E-state index in [4.69, 9.17) is 11.6 Å². The molecule has 1 aromatic rings. The lowest BCUT2D eigenvalue weighted by atomic mass is 10.4. The second-order valence-corrected chi connectivity index (χ2v) is 5.76. The fourth-order valence-corrected chi connectivity index (χ4v) is 2.63. The summed E-state index contributed by atoms with van der Waals surface area (Å²) in [6, 6.07) is 5.95. The second kappa shape index (κ2) is 6.72. The molecule has 0 fully saturated rings. The summed E-state index contributed by atoms with van der Waals surface area (Å²) in [5.41, 5.74) is 0. The number of carbonyl (C=O) groups is 1. The van der Waals surface area contributed by atoms with Crippen LogP contribution in [-0.2, 0) is 14.8 Å². The van der Waals surface area contributed by atoms with Gasteiger partial charge in [-0.25, -0.2) is 13.1 Å². The molecule has 0 aliphatic carbocycles. The molecule has 7 heteroatoms. The third kappa shape index (κ3) is 4.64. The first kappa shape index (κ1) is 14.9. The van der Waals surface area contributed by atoms with Gasteiger partial charge in [0.1, 0.15) is 0 Å². The van der Waals surface area contributed by atoms with Crippen LogP contribution in [0.3, 0.4) is 0 Å². The lowest BCUT2D eigenvalue weighted by Crippen LogP contribution is -2.30. The summed E-state index contributed by atoms with van der Waals surface area (Å²) in [5.74, 6) is -0.189. The first-order chi connectivity index (χ1) is 8.45. The summed E-state index contributed by atoms with van der Waals surface area (Å²) in [7, 11) is -3.61. The van der Waals surface area contributed by atoms with E-state index < -0.39 is 10.0 Å². The number of hydrogen-bond donors (Lipinski definition) is 2. The average Bonchev–Trinajstić information content (AvgIpc) is 2.29. The molecule has 0 spiro atoms. The van der Waals surface area contributed by atoms with Crippen molar-refractivity contribution in [3.63, 3.8) is 0 Å². The van der Waals surface area contributed by atoms with Gasteiger partial charge in [-0.2, -0.15) is 0 Å². The van der Waals surface area contributed by atoms with Crippen LogP contribution in [0.15, 0.2) is 29.2 Å². The number of sulfonamides is 1. The fraction of sp³-hybridized carbons (Fsp3) is 0.364. The monoisotopic (exact) mass is 290 g/mol. The van der Waals surface area contributed by atoms with Crippen molar-refractivity contribution in [2.24, 2.45) is 0 Å². The molecular formula is C11H15ClN2O3S. The van der Waals surface area contributed by atoms with E-state index in [0.29, 0.717) is 11.6 Å². The minimum atomic E-state index is -3.61. The minimum absolute atomic E-state index is 0.0562. The van der Waals surface area contributed by atoms with Gasteiger partial charge in [0, 0.05) is 24.5 Å². The molecule has 18 heavy (non-hydrogen) atoms. The normalized spacial score (nSPS) is 11.2. The van der Waals surface area contributed by atoms with Gasteiger partial charge in [-0.3, -0.25) is 4.79 Å². The van der Waals surface area contributed by atoms with E-state index in [1.54, 1.807) is 19.1 Å². The van der Waals surface area contributed by atoms with Gasteiger partial charge < -0.3 is 5.32 Å². The predicted octanol–water partition coefficient (Wildman–Crippen LogP) is 1.14. The molecule has 0 aromatic heterocycles. The van der Waals surface area contributed by atoms with Gasteiger partial charge in [0.05, 0.1) is 4.90 Å². The highest BCUT2D eigenvalue weighted by molar-refractivity contribution is 7.89. The molecule has 100 valence electrons. The number of nitrogens with one attached hydrogen (secondary N) is 2. The van der Waals surface area contributed by atoms with Crippen molar-refractivity contribution in [2.45, 2.75) is 18.2 Å². The van der Waals surface area contributed by atoms with Crippen molar-refractivity contribution < 1.29 is 13.2 Å². The Labute approximate surface area is 112 Å². The molecule has 0 bridgehead atoms. The van der Waals surface area contributed by atoms with E-state index in [9.17, 15) is 13.2 Å². The maximum Gasteiger partial charge on any atom is 0.240 e. The summed E-state index contributed by atoms with van der Waals surface area (Å²) >= 11 is 5.72. The van der Waals surface area contributed by atoms with E-state index in [-0.39, 0.29) is 23.8 Å². The molecule has 1 aromatic carbocycles. The Kier molecular flexibility index (Phi) is 5.58. The minimum Gasteiger partial charge on any atom is -0.356 e. The van der Waals surface area contributed by atoms with Crippen LogP contribution in [0.5, 0.6) is 0 Å². The molecule has 0 atom stereocenters. The van der Waals surface area contributed by atoms with E-state index in [0.717, 1.165) is 0 Å². The second-order valence-electron chi connectivity index (χ2n) is 3.56. The van der Waals surface area contributed by atoms with Crippen LogP contribution in [0, 0.1) is 0 Å². The summed E-state index contributed by atoms with van der Waals surface area (Å²) in [4.78, 5) is 11.2. The number of carbonyl (C=O) groups excluding carboxylic acids is 1. The molecular weight excluding hydrogens is 276 g/mol. The van der Waals surface area contributed by atoms with Gasteiger partial charge in [0.2, 0.25) is 15.9 Å². The molecule has 0 aliphatic rings. The van der Waals surface area contributed by atoms with Crippen molar-refractivity contribution in [2.75, 3.05) is 13.1 Å². The Balaban J connectivity index is 2.58. The van der Waals surface area contributed by atoms with E-state index in [1.165, 1.54) is 12.1 Å². The van der Waals surface area contributed by atoms with E-state index in [2.05, 4.69) is 10.0 Å². The van der Waals surface area contributed by atoms with Crippen LogP contribution in [0.1, 0.15) is 13.3 Å². The summed E-state index contributed by atoms with van der Waals surface area (Å²) in [6.07, 6.45) is 0.105. The molecule has 0 saturated heterocycles. The molecule has 0 radical (unpaired) electrons. The average molecular weight is 291 g/mol. The predicted molar refractivity (Wildman–Crippen MR) is 69.9 cm³/mol. The Hall–Kier alpha value is -1.11. The van der Waals surface area contributed by atoms with Crippen LogP contribution in [-0.4, -0.2) is 27.4 Å². The molecule has 1 amide bonds. The lowest BCUT2D eigenvalue weighted by Gasteiger charge is -2.07. The third-order valence-corrected chi connectivity index (χ3v) is 3.82. The van der Waals surface area contributed by atoms with Crippen molar-refractivity contribution in [1.82, 2.24) is 10.0 Å². The zero-order chi connectivity index (χ0) is 13.6. The zero-order valence-electron chi connectivity index (χ0n) is 9.94. The maximum absolute atomic E-state index is 11.8. The molecule has 0 heterocycles. The molecule has 2 N–H and O–H groups in total. The van der Waals surface area contributed by atoms with Gasteiger partial charge in [0.15, 0.2) is 0 Å².